The molecule has 2 aromatic heterocycles. The smallest absolute Gasteiger partial charge is 0.300 e. The van der Waals surface area contributed by atoms with Crippen LogP contribution in [0.5, 0.6) is 5.75 Å². The van der Waals surface area contributed by atoms with E-state index in [1.54, 1.807) is 30.0 Å². The molecule has 8 nitrogen and oxygen atoms in total. The van der Waals surface area contributed by atoms with E-state index in [1.807, 2.05) is 24.3 Å². The van der Waals surface area contributed by atoms with Gasteiger partial charge >= 0.3 is 5.56 Å². The van der Waals surface area contributed by atoms with Crippen molar-refractivity contribution in [2.24, 2.45) is 0 Å². The van der Waals surface area contributed by atoms with Gasteiger partial charge in [-0.1, -0.05) is 18.2 Å². The number of nitrogens with zero attached hydrogens (tertiary/aromatic N) is 4. The molecule has 0 aliphatic rings. The summed E-state index contributed by atoms with van der Waals surface area (Å²) in [6.07, 6.45) is 4.58. The van der Waals surface area contributed by atoms with Gasteiger partial charge in [0.15, 0.2) is 0 Å². The zero-order valence-electron chi connectivity index (χ0n) is 17.5. The molecule has 2 aromatic carbocycles. The molecule has 0 radical (unpaired) electrons. The molecule has 1 amide bonds. The summed E-state index contributed by atoms with van der Waals surface area (Å²) < 4.78 is 21.6. The van der Waals surface area contributed by atoms with E-state index in [-0.39, 0.29) is 11.6 Å². The van der Waals surface area contributed by atoms with Gasteiger partial charge in [-0.3, -0.25) is 18.6 Å². The van der Waals surface area contributed by atoms with Crippen LogP contribution in [0.3, 0.4) is 0 Å². The molecule has 1 N–H and O–H groups in total. The highest BCUT2D eigenvalue weighted by Crippen LogP contribution is 2.13. The van der Waals surface area contributed by atoms with Gasteiger partial charge in [-0.2, -0.15) is 0 Å². The lowest BCUT2D eigenvalue weighted by atomic mass is 10.2. The number of ether oxygens (including phenoxy) is 1. The maximum absolute atomic E-state index is 13.5. The fourth-order valence-electron chi connectivity index (χ4n) is 3.41. The quantitative estimate of drug-likeness (QED) is 0.460. The van der Waals surface area contributed by atoms with Gasteiger partial charge in [0.25, 0.3) is 0 Å². The molecule has 0 atom stereocenters. The van der Waals surface area contributed by atoms with Crippen LogP contribution in [-0.4, -0.2) is 32.2 Å². The first-order valence-electron chi connectivity index (χ1n) is 10.2. The van der Waals surface area contributed by atoms with Gasteiger partial charge in [0, 0.05) is 31.8 Å². The zero-order chi connectivity index (χ0) is 22.5. The van der Waals surface area contributed by atoms with Crippen LogP contribution in [0, 0.1) is 5.82 Å². The van der Waals surface area contributed by atoms with Crippen LogP contribution in [0.15, 0.2) is 65.7 Å². The first-order valence-corrected chi connectivity index (χ1v) is 10.2. The van der Waals surface area contributed by atoms with E-state index in [9.17, 15) is 14.0 Å². The van der Waals surface area contributed by atoms with E-state index >= 15 is 0 Å². The van der Waals surface area contributed by atoms with Crippen LogP contribution in [0.4, 0.5) is 4.39 Å². The molecule has 0 aliphatic heterocycles. The average Bonchev–Trinajstić information content (AvgIpc) is 3.22. The third kappa shape index (κ3) is 4.66. The van der Waals surface area contributed by atoms with Crippen LogP contribution in [0.1, 0.15) is 24.2 Å². The fraction of sp³-hybridized carbons (Fsp3) is 0.217. The second-order valence-corrected chi connectivity index (χ2v) is 7.24. The van der Waals surface area contributed by atoms with Gasteiger partial charge in [-0.05, 0) is 42.3 Å². The molecule has 0 bridgehead atoms. The van der Waals surface area contributed by atoms with E-state index in [2.05, 4.69) is 15.5 Å². The predicted octanol–water partition coefficient (Wildman–Crippen LogP) is 2.67. The minimum atomic E-state index is -0.430. The predicted molar refractivity (Wildman–Crippen MR) is 116 cm³/mol. The van der Waals surface area contributed by atoms with Crippen LogP contribution in [0.2, 0.25) is 0 Å². The molecule has 32 heavy (non-hydrogen) atoms. The van der Waals surface area contributed by atoms with Crippen molar-refractivity contribution >= 4 is 11.6 Å². The first-order chi connectivity index (χ1) is 15.5. The van der Waals surface area contributed by atoms with E-state index in [1.165, 1.54) is 22.8 Å². The van der Waals surface area contributed by atoms with Crippen molar-refractivity contribution in [1.82, 2.24) is 24.5 Å². The van der Waals surface area contributed by atoms with Crippen molar-refractivity contribution in [2.75, 3.05) is 7.11 Å². The standard InChI is InChI=1S/C23H22FN5O3/c1-32-19-8-2-5-16(13-19)15-25-21(30)10-4-9-20-26-27-22-23(31)28(11-12-29(20)22)18-7-3-6-17(24)14-18/h2-3,5-8,11-14H,4,9-10,15H2,1H3,(H,25,30). The molecular formula is C23H22FN5O3. The van der Waals surface area contributed by atoms with Crippen molar-refractivity contribution in [2.45, 2.75) is 25.8 Å². The Balaban J connectivity index is 1.37. The van der Waals surface area contributed by atoms with Crippen molar-refractivity contribution < 1.29 is 13.9 Å². The number of amides is 1. The molecule has 0 spiro atoms. The Morgan fingerprint density at radius 3 is 2.78 bits per heavy atom. The summed E-state index contributed by atoms with van der Waals surface area (Å²) >= 11 is 0. The number of carbonyl (C=O) groups is 1. The monoisotopic (exact) mass is 435 g/mol. The zero-order valence-corrected chi connectivity index (χ0v) is 17.5. The van der Waals surface area contributed by atoms with Crippen LogP contribution in [-0.2, 0) is 17.8 Å². The number of rotatable bonds is 8. The van der Waals surface area contributed by atoms with E-state index in [4.69, 9.17) is 4.74 Å². The molecule has 9 heteroatoms. The van der Waals surface area contributed by atoms with Crippen LogP contribution >= 0.6 is 0 Å². The second-order valence-electron chi connectivity index (χ2n) is 7.24. The summed E-state index contributed by atoms with van der Waals surface area (Å²) in [7, 11) is 1.60. The lowest BCUT2D eigenvalue weighted by Crippen LogP contribution is -2.22. The summed E-state index contributed by atoms with van der Waals surface area (Å²) in [6, 6.07) is 13.3. The summed E-state index contributed by atoms with van der Waals surface area (Å²) in [4.78, 5) is 24.9. The summed E-state index contributed by atoms with van der Waals surface area (Å²) in [5.74, 6) is 0.826. The topological polar surface area (TPSA) is 90.5 Å². The molecule has 164 valence electrons. The van der Waals surface area contributed by atoms with E-state index in [0.717, 1.165) is 11.3 Å². The van der Waals surface area contributed by atoms with Crippen molar-refractivity contribution in [1.29, 1.82) is 0 Å². The number of carbonyl (C=O) groups excluding carboxylic acids is 1. The number of fused-ring (bicyclic) bond motifs is 1. The van der Waals surface area contributed by atoms with Crippen molar-refractivity contribution in [3.05, 3.63) is 88.5 Å². The van der Waals surface area contributed by atoms with Crippen LogP contribution in [0.25, 0.3) is 11.3 Å². The lowest BCUT2D eigenvalue weighted by Gasteiger charge is -2.07. The number of hydrogen-bond acceptors (Lipinski definition) is 5. The minimum absolute atomic E-state index is 0.0740. The van der Waals surface area contributed by atoms with Gasteiger partial charge in [0.05, 0.1) is 12.8 Å². The molecular weight excluding hydrogens is 413 g/mol. The van der Waals surface area contributed by atoms with E-state index in [0.29, 0.717) is 37.3 Å². The SMILES string of the molecule is COc1cccc(CNC(=O)CCCc2nnc3c(=O)n(-c4cccc(F)c4)ccn23)c1. The molecule has 0 fully saturated rings. The normalized spacial score (nSPS) is 10.9. The fourth-order valence-corrected chi connectivity index (χ4v) is 3.41. The summed E-state index contributed by atoms with van der Waals surface area (Å²) in [6.45, 7) is 0.420. The number of benzene rings is 2. The number of halogens is 1. The Labute approximate surface area is 183 Å². The van der Waals surface area contributed by atoms with Crippen molar-refractivity contribution in [3.8, 4) is 11.4 Å². The molecule has 4 aromatic rings. The van der Waals surface area contributed by atoms with Gasteiger partial charge in [-0.15, -0.1) is 10.2 Å². The average molecular weight is 435 g/mol. The number of aromatic nitrogens is 4. The third-order valence-electron chi connectivity index (χ3n) is 5.06. The minimum Gasteiger partial charge on any atom is -0.497 e. The Kier molecular flexibility index (Phi) is 6.25. The molecule has 0 saturated carbocycles. The van der Waals surface area contributed by atoms with E-state index < -0.39 is 11.4 Å². The maximum Gasteiger partial charge on any atom is 0.300 e. The largest absolute Gasteiger partial charge is 0.497 e. The molecule has 0 aliphatic carbocycles. The lowest BCUT2D eigenvalue weighted by molar-refractivity contribution is -0.121. The summed E-state index contributed by atoms with van der Waals surface area (Å²) in [5, 5.41) is 11.0. The van der Waals surface area contributed by atoms with Gasteiger partial charge in [0.1, 0.15) is 17.4 Å². The Bertz CT molecular complexity index is 1310. The maximum atomic E-state index is 13.5. The Morgan fingerprint density at radius 1 is 1.12 bits per heavy atom. The molecule has 2 heterocycles. The Morgan fingerprint density at radius 2 is 1.97 bits per heavy atom. The number of aryl methyl sites for hydroxylation is 1. The van der Waals surface area contributed by atoms with Gasteiger partial charge in [-0.25, -0.2) is 4.39 Å². The summed E-state index contributed by atoms with van der Waals surface area (Å²) in [5.41, 5.74) is 1.12. The number of methoxy groups -OCH3 is 1. The van der Waals surface area contributed by atoms with Crippen molar-refractivity contribution in [3.63, 3.8) is 0 Å². The number of hydrogen-bond donors (Lipinski definition) is 1. The van der Waals surface area contributed by atoms with Gasteiger partial charge in [0.2, 0.25) is 11.6 Å². The first kappa shape index (κ1) is 21.2. The molecule has 0 unspecified atom stereocenters. The highest BCUT2D eigenvalue weighted by atomic mass is 19.1. The third-order valence-corrected chi connectivity index (χ3v) is 5.06. The molecule has 4 rings (SSSR count). The highest BCUT2D eigenvalue weighted by Gasteiger charge is 2.12. The van der Waals surface area contributed by atoms with Crippen LogP contribution < -0.4 is 15.6 Å². The van der Waals surface area contributed by atoms with Gasteiger partial charge < -0.3 is 10.1 Å². The number of nitrogens with one attached hydrogen (secondary N) is 1. The second kappa shape index (κ2) is 9.42. The Hall–Kier alpha value is -4.01. The molecule has 0 saturated heterocycles. The highest BCUT2D eigenvalue weighted by molar-refractivity contribution is 5.75.